The molecule has 1 aromatic carbocycles. The van der Waals surface area contributed by atoms with Crippen LogP contribution >= 0.6 is 22.7 Å². The van der Waals surface area contributed by atoms with Crippen molar-refractivity contribution in [3.05, 3.63) is 82.7 Å². The van der Waals surface area contributed by atoms with E-state index in [4.69, 9.17) is 9.47 Å². The van der Waals surface area contributed by atoms with Crippen LogP contribution in [0, 0.1) is 6.92 Å². The van der Waals surface area contributed by atoms with Crippen LogP contribution in [0.15, 0.2) is 56.8 Å². The SMILES string of the molecule is COC(=O)C1=C(C)N=c2s/c(=C\c3sccc3C)c(=O)n2[C@H]1c1ccc(OC(C)=O)cc1. The second-order valence-corrected chi connectivity index (χ2v) is 9.16. The Kier molecular flexibility index (Phi) is 5.94. The van der Waals surface area contributed by atoms with E-state index in [-0.39, 0.29) is 5.56 Å². The van der Waals surface area contributed by atoms with Crippen LogP contribution in [0.1, 0.15) is 35.9 Å². The van der Waals surface area contributed by atoms with Crippen LogP contribution in [0.2, 0.25) is 0 Å². The summed E-state index contributed by atoms with van der Waals surface area (Å²) in [5.74, 6) is -0.605. The summed E-state index contributed by atoms with van der Waals surface area (Å²) in [5, 5.41) is 1.98. The monoisotopic (exact) mass is 468 g/mol. The molecule has 3 aromatic rings. The summed E-state index contributed by atoms with van der Waals surface area (Å²) in [4.78, 5) is 43.4. The Bertz CT molecular complexity index is 1420. The van der Waals surface area contributed by atoms with Gasteiger partial charge in [0.25, 0.3) is 5.56 Å². The number of nitrogens with zero attached hydrogens (tertiary/aromatic N) is 2. The average molecular weight is 469 g/mol. The zero-order valence-corrected chi connectivity index (χ0v) is 19.5. The van der Waals surface area contributed by atoms with Crippen LogP contribution in [0.3, 0.4) is 0 Å². The van der Waals surface area contributed by atoms with Crippen molar-refractivity contribution in [3.63, 3.8) is 0 Å². The molecular formula is C23H20N2O5S2. The van der Waals surface area contributed by atoms with Crippen LogP contribution in [0.25, 0.3) is 6.08 Å². The zero-order valence-electron chi connectivity index (χ0n) is 17.9. The molecule has 0 aliphatic carbocycles. The Morgan fingerprint density at radius 3 is 2.47 bits per heavy atom. The molecule has 2 aromatic heterocycles. The van der Waals surface area contributed by atoms with E-state index >= 15 is 0 Å². The molecule has 0 saturated carbocycles. The number of methoxy groups -OCH3 is 1. The minimum atomic E-state index is -0.711. The minimum Gasteiger partial charge on any atom is -0.466 e. The van der Waals surface area contributed by atoms with E-state index in [9.17, 15) is 14.4 Å². The van der Waals surface area contributed by atoms with Gasteiger partial charge in [0.2, 0.25) is 0 Å². The number of ether oxygens (including phenoxy) is 2. The molecule has 32 heavy (non-hydrogen) atoms. The van der Waals surface area contributed by atoms with Gasteiger partial charge < -0.3 is 9.47 Å². The molecule has 7 nitrogen and oxygen atoms in total. The van der Waals surface area contributed by atoms with Gasteiger partial charge in [0.15, 0.2) is 4.80 Å². The molecule has 9 heteroatoms. The minimum absolute atomic E-state index is 0.232. The Balaban J connectivity index is 1.92. The number of benzene rings is 1. The first-order valence-corrected chi connectivity index (χ1v) is 11.4. The summed E-state index contributed by atoms with van der Waals surface area (Å²) in [6.07, 6.45) is 1.86. The lowest BCUT2D eigenvalue weighted by molar-refractivity contribution is -0.136. The van der Waals surface area contributed by atoms with Crippen molar-refractivity contribution in [3.8, 4) is 5.75 Å². The number of allylic oxidation sites excluding steroid dienone is 1. The molecule has 164 valence electrons. The number of thiazole rings is 1. The maximum atomic E-state index is 13.5. The summed E-state index contributed by atoms with van der Waals surface area (Å²) in [6.45, 7) is 5.04. The number of hydrogen-bond acceptors (Lipinski definition) is 8. The molecule has 0 saturated heterocycles. The summed E-state index contributed by atoms with van der Waals surface area (Å²) in [7, 11) is 1.30. The summed E-state index contributed by atoms with van der Waals surface area (Å²) in [5.41, 5.74) is 2.31. The van der Waals surface area contributed by atoms with Gasteiger partial charge in [-0.3, -0.25) is 14.2 Å². The summed E-state index contributed by atoms with van der Waals surface area (Å²) >= 11 is 2.84. The van der Waals surface area contributed by atoms with Crippen LogP contribution in [-0.4, -0.2) is 23.6 Å². The Morgan fingerprint density at radius 1 is 1.16 bits per heavy atom. The molecule has 0 N–H and O–H groups in total. The highest BCUT2D eigenvalue weighted by atomic mass is 32.1. The Morgan fingerprint density at radius 2 is 1.88 bits per heavy atom. The molecule has 3 heterocycles. The first kappa shape index (κ1) is 21.9. The van der Waals surface area contributed by atoms with Crippen molar-refractivity contribution in [1.82, 2.24) is 4.57 Å². The molecule has 0 radical (unpaired) electrons. The first-order chi connectivity index (χ1) is 15.3. The van der Waals surface area contributed by atoms with Crippen LogP contribution in [0.4, 0.5) is 0 Å². The normalized spacial score (nSPS) is 15.9. The van der Waals surface area contributed by atoms with E-state index in [1.807, 2.05) is 24.4 Å². The standard InChI is InChI=1S/C23H20N2O5S2/c1-12-9-10-31-17(12)11-18-21(27)25-20(15-5-7-16(8-6-15)30-14(3)26)19(22(28)29-4)13(2)24-23(25)32-18/h5-11,20H,1-4H3/b18-11-/t20-/m0/s1. The maximum Gasteiger partial charge on any atom is 0.338 e. The quantitative estimate of drug-likeness (QED) is 0.434. The van der Waals surface area contributed by atoms with Crippen LogP contribution in [-0.2, 0) is 14.3 Å². The molecule has 1 aliphatic heterocycles. The smallest absolute Gasteiger partial charge is 0.338 e. The Hall–Kier alpha value is -3.30. The fraction of sp³-hybridized carbons (Fsp3) is 0.217. The highest BCUT2D eigenvalue weighted by Crippen LogP contribution is 2.31. The number of carbonyl (C=O) groups excluding carboxylic acids is 2. The fourth-order valence-corrected chi connectivity index (χ4v) is 5.51. The molecule has 0 spiro atoms. The van der Waals surface area contributed by atoms with Crippen molar-refractivity contribution in [2.75, 3.05) is 7.11 Å². The average Bonchev–Trinajstić information content (AvgIpc) is 3.29. The predicted molar refractivity (Wildman–Crippen MR) is 123 cm³/mol. The molecule has 4 rings (SSSR count). The third-order valence-corrected chi connectivity index (χ3v) is 7.00. The van der Waals surface area contributed by atoms with Crippen LogP contribution < -0.4 is 19.6 Å². The fourth-order valence-electron chi connectivity index (χ4n) is 3.54. The van der Waals surface area contributed by atoms with Crippen molar-refractivity contribution in [1.29, 1.82) is 0 Å². The van der Waals surface area contributed by atoms with E-state index < -0.39 is 18.0 Å². The third-order valence-electron chi connectivity index (χ3n) is 5.05. The van der Waals surface area contributed by atoms with Crippen molar-refractivity contribution < 1.29 is 19.1 Å². The molecule has 1 aliphatic rings. The van der Waals surface area contributed by atoms with Gasteiger partial charge in [0.1, 0.15) is 5.75 Å². The third kappa shape index (κ3) is 3.96. The topological polar surface area (TPSA) is 87.0 Å². The highest BCUT2D eigenvalue weighted by molar-refractivity contribution is 7.11. The highest BCUT2D eigenvalue weighted by Gasteiger charge is 2.33. The number of rotatable bonds is 4. The number of aromatic nitrogens is 1. The van der Waals surface area contributed by atoms with Crippen molar-refractivity contribution in [2.24, 2.45) is 4.99 Å². The molecule has 0 amide bonds. The molecule has 0 unspecified atom stereocenters. The van der Waals surface area contributed by atoms with Gasteiger partial charge in [-0.1, -0.05) is 23.5 Å². The van der Waals surface area contributed by atoms with E-state index in [2.05, 4.69) is 4.99 Å². The molecule has 1 atom stereocenters. The van der Waals surface area contributed by atoms with E-state index in [0.717, 1.165) is 10.4 Å². The van der Waals surface area contributed by atoms with Crippen molar-refractivity contribution >= 4 is 40.7 Å². The number of hydrogen-bond donors (Lipinski definition) is 0. The lowest BCUT2D eigenvalue weighted by Gasteiger charge is -2.24. The largest absolute Gasteiger partial charge is 0.466 e. The van der Waals surface area contributed by atoms with Gasteiger partial charge in [0.05, 0.1) is 29.0 Å². The lowest BCUT2D eigenvalue weighted by Crippen LogP contribution is -2.39. The van der Waals surface area contributed by atoms with Crippen LogP contribution in [0.5, 0.6) is 5.75 Å². The molecular weight excluding hydrogens is 448 g/mol. The first-order valence-electron chi connectivity index (χ1n) is 9.73. The predicted octanol–water partition coefficient (Wildman–Crippen LogP) is 2.70. The van der Waals surface area contributed by atoms with E-state index in [1.165, 1.54) is 29.9 Å². The second-order valence-electron chi connectivity index (χ2n) is 7.20. The van der Waals surface area contributed by atoms with Gasteiger partial charge in [-0.25, -0.2) is 9.79 Å². The zero-order chi connectivity index (χ0) is 23.0. The van der Waals surface area contributed by atoms with Gasteiger partial charge in [-0.2, -0.15) is 0 Å². The number of carbonyl (C=O) groups is 2. The molecule has 0 fully saturated rings. The lowest BCUT2D eigenvalue weighted by atomic mass is 9.96. The number of esters is 2. The van der Waals surface area contributed by atoms with Gasteiger partial charge >= 0.3 is 11.9 Å². The van der Waals surface area contributed by atoms with Gasteiger partial charge in [-0.15, -0.1) is 11.3 Å². The number of aryl methyl sites for hydroxylation is 1. The number of thiophene rings is 1. The summed E-state index contributed by atoms with van der Waals surface area (Å²) in [6, 6.07) is 8.01. The maximum absolute atomic E-state index is 13.5. The second kappa shape index (κ2) is 8.68. The van der Waals surface area contributed by atoms with Gasteiger partial charge in [0, 0.05) is 11.8 Å². The van der Waals surface area contributed by atoms with Gasteiger partial charge in [-0.05, 0) is 54.6 Å². The van der Waals surface area contributed by atoms with E-state index in [0.29, 0.717) is 31.9 Å². The van der Waals surface area contributed by atoms with E-state index in [1.54, 1.807) is 42.5 Å². The van der Waals surface area contributed by atoms with Crippen molar-refractivity contribution in [2.45, 2.75) is 26.8 Å². The summed E-state index contributed by atoms with van der Waals surface area (Å²) < 4.78 is 12.2. The molecule has 0 bridgehead atoms. The Labute approximate surface area is 191 Å². The number of fused-ring (bicyclic) bond motifs is 1.